The molecule has 2 aromatic rings. The predicted octanol–water partition coefficient (Wildman–Crippen LogP) is 1.46. The highest BCUT2D eigenvalue weighted by molar-refractivity contribution is 5.36. The quantitative estimate of drug-likeness (QED) is 0.865. The number of nitrogens with two attached hydrogens (primary N) is 1. The number of rotatable bonds is 3. The van der Waals surface area contributed by atoms with Gasteiger partial charge in [0.05, 0.1) is 12.4 Å². The fourth-order valence-electron chi connectivity index (χ4n) is 1.61. The molecule has 2 heterocycles. The van der Waals surface area contributed by atoms with Gasteiger partial charge in [0.2, 0.25) is 5.88 Å². The van der Waals surface area contributed by atoms with Crippen LogP contribution in [-0.4, -0.2) is 19.7 Å². The van der Waals surface area contributed by atoms with Gasteiger partial charge >= 0.3 is 0 Å². The van der Waals surface area contributed by atoms with Crippen molar-refractivity contribution < 1.29 is 4.74 Å². The number of anilines is 1. The van der Waals surface area contributed by atoms with E-state index < -0.39 is 0 Å². The Kier molecular flexibility index (Phi) is 2.21. The van der Waals surface area contributed by atoms with Gasteiger partial charge in [-0.05, 0) is 12.8 Å². The Hall–Kier alpha value is -2.11. The zero-order valence-electron chi connectivity index (χ0n) is 9.50. The van der Waals surface area contributed by atoms with Gasteiger partial charge in [0.15, 0.2) is 5.75 Å². The Balaban J connectivity index is 1.86. The normalized spacial score (nSPS) is 14.9. The van der Waals surface area contributed by atoms with Gasteiger partial charge in [-0.3, -0.25) is 4.68 Å². The van der Waals surface area contributed by atoms with Crippen molar-refractivity contribution in [2.45, 2.75) is 18.8 Å². The zero-order chi connectivity index (χ0) is 11.8. The highest BCUT2D eigenvalue weighted by Gasteiger charge is 2.27. The molecule has 1 aliphatic carbocycles. The molecule has 0 spiro atoms. The monoisotopic (exact) mass is 231 g/mol. The molecule has 2 N–H and O–H groups in total. The summed E-state index contributed by atoms with van der Waals surface area (Å²) in [6.45, 7) is 0. The second-order valence-corrected chi connectivity index (χ2v) is 4.22. The number of ether oxygens (including phenoxy) is 1. The van der Waals surface area contributed by atoms with Crippen LogP contribution in [0.1, 0.15) is 24.6 Å². The molecule has 3 rings (SSSR count). The minimum absolute atomic E-state index is 0.445. The molecule has 0 atom stereocenters. The maximum absolute atomic E-state index is 5.73. The third-order valence-electron chi connectivity index (χ3n) is 2.59. The van der Waals surface area contributed by atoms with Gasteiger partial charge < -0.3 is 10.5 Å². The molecule has 1 fully saturated rings. The van der Waals surface area contributed by atoms with Crippen molar-refractivity contribution in [1.82, 2.24) is 19.7 Å². The summed E-state index contributed by atoms with van der Waals surface area (Å²) in [5, 5.41) is 4.02. The molecule has 0 bridgehead atoms. The molecular formula is C11H13N5O. The first-order valence-corrected chi connectivity index (χ1v) is 5.51. The fraction of sp³-hybridized carbons (Fsp3) is 0.364. The lowest BCUT2D eigenvalue weighted by Crippen LogP contribution is -2.00. The van der Waals surface area contributed by atoms with Gasteiger partial charge in [-0.15, -0.1) is 0 Å². The standard InChI is InChI=1S/C11H13N5O/c1-16-6-8(5-13-16)17-10-4-9(12)14-11(15-10)7-2-3-7/h4-7H,2-3H2,1H3,(H2,12,14,15). The predicted molar refractivity (Wildman–Crippen MR) is 61.7 cm³/mol. The Morgan fingerprint density at radius 2 is 2.24 bits per heavy atom. The second kappa shape index (κ2) is 3.73. The van der Waals surface area contributed by atoms with E-state index in [1.807, 2.05) is 7.05 Å². The fourth-order valence-corrected chi connectivity index (χ4v) is 1.61. The molecule has 0 saturated heterocycles. The van der Waals surface area contributed by atoms with Crippen LogP contribution >= 0.6 is 0 Å². The third kappa shape index (κ3) is 2.20. The van der Waals surface area contributed by atoms with Crippen molar-refractivity contribution in [3.63, 3.8) is 0 Å². The second-order valence-electron chi connectivity index (χ2n) is 4.22. The molecule has 0 aliphatic heterocycles. The smallest absolute Gasteiger partial charge is 0.224 e. The molecule has 6 heteroatoms. The van der Waals surface area contributed by atoms with Crippen LogP contribution in [0.5, 0.6) is 11.6 Å². The first kappa shape index (κ1) is 10.1. The van der Waals surface area contributed by atoms with E-state index in [4.69, 9.17) is 10.5 Å². The molecular weight excluding hydrogens is 218 g/mol. The topological polar surface area (TPSA) is 78.9 Å². The lowest BCUT2D eigenvalue weighted by atomic mass is 10.4. The van der Waals surface area contributed by atoms with Crippen LogP contribution in [0.3, 0.4) is 0 Å². The van der Waals surface area contributed by atoms with E-state index >= 15 is 0 Å². The molecule has 0 radical (unpaired) electrons. The summed E-state index contributed by atoms with van der Waals surface area (Å²) in [4.78, 5) is 8.56. The van der Waals surface area contributed by atoms with Crippen molar-refractivity contribution in [1.29, 1.82) is 0 Å². The Bertz CT molecular complexity index is 547. The summed E-state index contributed by atoms with van der Waals surface area (Å²) in [6, 6.07) is 1.62. The van der Waals surface area contributed by atoms with Crippen molar-refractivity contribution >= 4 is 5.82 Å². The average Bonchev–Trinajstić information content (AvgIpc) is 3.03. The SMILES string of the molecule is Cn1cc(Oc2cc(N)nc(C3CC3)n2)cn1. The van der Waals surface area contributed by atoms with Crippen LogP contribution in [0.2, 0.25) is 0 Å². The van der Waals surface area contributed by atoms with Crippen LogP contribution < -0.4 is 10.5 Å². The Morgan fingerprint density at radius 3 is 2.88 bits per heavy atom. The number of nitrogen functional groups attached to an aromatic ring is 1. The summed E-state index contributed by atoms with van der Waals surface area (Å²) < 4.78 is 7.25. The number of aryl methyl sites for hydroxylation is 1. The van der Waals surface area contributed by atoms with Crippen LogP contribution in [-0.2, 0) is 7.05 Å². The maximum Gasteiger partial charge on any atom is 0.224 e. The minimum Gasteiger partial charge on any atom is -0.436 e. The van der Waals surface area contributed by atoms with E-state index in [9.17, 15) is 0 Å². The third-order valence-corrected chi connectivity index (χ3v) is 2.59. The van der Waals surface area contributed by atoms with Crippen LogP contribution in [0.4, 0.5) is 5.82 Å². The summed E-state index contributed by atoms with van der Waals surface area (Å²) in [5.74, 6) is 2.80. The molecule has 0 aromatic carbocycles. The molecule has 2 aromatic heterocycles. The number of hydrogen-bond donors (Lipinski definition) is 1. The number of nitrogens with zero attached hydrogens (tertiary/aromatic N) is 4. The average molecular weight is 231 g/mol. The summed E-state index contributed by atoms with van der Waals surface area (Å²) in [5.41, 5.74) is 5.73. The summed E-state index contributed by atoms with van der Waals surface area (Å²) in [7, 11) is 1.83. The van der Waals surface area contributed by atoms with E-state index in [1.165, 1.54) is 0 Å². The molecule has 0 amide bonds. The van der Waals surface area contributed by atoms with E-state index in [2.05, 4.69) is 15.1 Å². The summed E-state index contributed by atoms with van der Waals surface area (Å²) >= 11 is 0. The molecule has 6 nitrogen and oxygen atoms in total. The van der Waals surface area contributed by atoms with Crippen molar-refractivity contribution in [2.24, 2.45) is 7.05 Å². The van der Waals surface area contributed by atoms with E-state index in [0.717, 1.165) is 18.7 Å². The zero-order valence-corrected chi connectivity index (χ0v) is 9.50. The van der Waals surface area contributed by atoms with E-state index in [-0.39, 0.29) is 0 Å². The lowest BCUT2D eigenvalue weighted by Gasteiger charge is -2.04. The molecule has 88 valence electrons. The van der Waals surface area contributed by atoms with Gasteiger partial charge in [-0.25, -0.2) is 4.98 Å². The molecule has 17 heavy (non-hydrogen) atoms. The van der Waals surface area contributed by atoms with Gasteiger partial charge in [0.25, 0.3) is 0 Å². The minimum atomic E-state index is 0.445. The van der Waals surface area contributed by atoms with Crippen molar-refractivity contribution in [2.75, 3.05) is 5.73 Å². The number of aromatic nitrogens is 4. The number of hydrogen-bond acceptors (Lipinski definition) is 5. The van der Waals surface area contributed by atoms with Crippen LogP contribution in [0.25, 0.3) is 0 Å². The summed E-state index contributed by atoms with van der Waals surface area (Å²) in [6.07, 6.45) is 5.68. The highest BCUT2D eigenvalue weighted by Crippen LogP contribution is 2.39. The molecule has 1 aliphatic rings. The Labute approximate surface area is 98.4 Å². The van der Waals surface area contributed by atoms with Crippen LogP contribution in [0, 0.1) is 0 Å². The largest absolute Gasteiger partial charge is 0.436 e. The van der Waals surface area contributed by atoms with E-state index in [1.54, 1.807) is 23.1 Å². The van der Waals surface area contributed by atoms with Crippen LogP contribution in [0.15, 0.2) is 18.5 Å². The molecule has 0 unspecified atom stereocenters. The van der Waals surface area contributed by atoms with Gasteiger partial charge in [0, 0.05) is 19.0 Å². The van der Waals surface area contributed by atoms with Gasteiger partial charge in [0.1, 0.15) is 11.6 Å². The first-order chi connectivity index (χ1) is 8.20. The molecule has 1 saturated carbocycles. The van der Waals surface area contributed by atoms with Crippen molar-refractivity contribution in [3.8, 4) is 11.6 Å². The van der Waals surface area contributed by atoms with E-state index in [0.29, 0.717) is 23.4 Å². The Morgan fingerprint density at radius 1 is 1.41 bits per heavy atom. The maximum atomic E-state index is 5.73. The lowest BCUT2D eigenvalue weighted by molar-refractivity contribution is 0.458. The van der Waals surface area contributed by atoms with Crippen molar-refractivity contribution in [3.05, 3.63) is 24.3 Å². The first-order valence-electron chi connectivity index (χ1n) is 5.51. The van der Waals surface area contributed by atoms with Gasteiger partial charge in [-0.1, -0.05) is 0 Å². The van der Waals surface area contributed by atoms with Gasteiger partial charge in [-0.2, -0.15) is 10.1 Å². The highest BCUT2D eigenvalue weighted by atomic mass is 16.5.